The van der Waals surface area contributed by atoms with Gasteiger partial charge in [0, 0.05) is 43.9 Å². The number of anilines is 1. The number of para-hydroxylation sites is 1. The van der Waals surface area contributed by atoms with Gasteiger partial charge in [-0.15, -0.1) is 0 Å². The van der Waals surface area contributed by atoms with E-state index in [0.29, 0.717) is 35.7 Å². The fraction of sp³-hybridized carbons (Fsp3) is 0.447. The number of imidazole rings is 1. The lowest BCUT2D eigenvalue weighted by atomic mass is 9.84. The Balaban J connectivity index is 0.880. The first kappa shape index (κ1) is 33.8. The number of benzene rings is 2. The number of carbonyl (C=O) groups excluding carboxylic acids is 3. The lowest BCUT2D eigenvalue weighted by molar-refractivity contribution is -0.135. The number of rotatable bonds is 8. The molecule has 3 aromatic heterocycles. The number of imide groups is 1. The van der Waals surface area contributed by atoms with Gasteiger partial charge in [0.15, 0.2) is 0 Å². The summed E-state index contributed by atoms with van der Waals surface area (Å²) in [4.78, 5) is 61.1. The molecule has 270 valence electrons. The lowest BCUT2D eigenvalue weighted by Gasteiger charge is -2.37. The molecule has 2 aliphatic heterocycles. The van der Waals surface area contributed by atoms with Crippen LogP contribution in [0, 0.1) is 5.92 Å². The third kappa shape index (κ3) is 6.35. The van der Waals surface area contributed by atoms with E-state index in [1.807, 2.05) is 24.3 Å². The molecule has 1 saturated carbocycles. The number of piperidine rings is 2. The minimum absolute atomic E-state index is 0.221. The average molecular weight is 706 g/mol. The second-order valence-electron chi connectivity index (χ2n) is 14.4. The molecule has 2 N–H and O–H groups in total. The number of aryl methyl sites for hydroxylation is 1. The Labute approximate surface area is 300 Å². The van der Waals surface area contributed by atoms with Gasteiger partial charge in [-0.3, -0.25) is 33.5 Å². The van der Waals surface area contributed by atoms with E-state index in [0.717, 1.165) is 85.7 Å². The van der Waals surface area contributed by atoms with Crippen molar-refractivity contribution in [2.75, 3.05) is 32.1 Å². The standard InChI is InChI=1S/C38H43N9O5/c1-44-35-27(4-3-5-31(35)47(38(44)51)32-10-11-34(48)42-37(32)50)24-13-16-45(17-14-24)20-23-6-8-26(9-7-23)46-21-25-18-30(33(52-2)19-29(25)43-46)41-36(49)28-12-15-39-22-40-28/h3-5,12,15,18-19,21-24,26,32H,6-11,13-14,16-17,20H2,1-2H3,(H,41,49)(H,42,48,50)/t23-,26-,32?. The molecule has 3 amide bonds. The largest absolute Gasteiger partial charge is 0.494 e. The summed E-state index contributed by atoms with van der Waals surface area (Å²) < 4.78 is 10.9. The van der Waals surface area contributed by atoms with E-state index in [4.69, 9.17) is 9.84 Å². The highest BCUT2D eigenvalue weighted by atomic mass is 16.5. The molecule has 2 aromatic carbocycles. The number of methoxy groups -OCH3 is 1. The van der Waals surface area contributed by atoms with Crippen molar-refractivity contribution >= 4 is 45.3 Å². The number of hydrogen-bond donors (Lipinski definition) is 2. The van der Waals surface area contributed by atoms with E-state index in [9.17, 15) is 19.2 Å². The van der Waals surface area contributed by atoms with Crippen LogP contribution in [0.4, 0.5) is 5.69 Å². The van der Waals surface area contributed by atoms with Gasteiger partial charge in [-0.25, -0.2) is 14.8 Å². The first-order valence-corrected chi connectivity index (χ1v) is 18.2. The van der Waals surface area contributed by atoms with Crippen LogP contribution in [0.25, 0.3) is 21.9 Å². The Kier molecular flexibility index (Phi) is 9.08. The minimum atomic E-state index is -0.680. The van der Waals surface area contributed by atoms with Crippen molar-refractivity contribution in [2.24, 2.45) is 13.0 Å². The number of hydrogen-bond acceptors (Lipinski definition) is 9. The van der Waals surface area contributed by atoms with Gasteiger partial charge in [0.2, 0.25) is 11.8 Å². The maximum atomic E-state index is 13.4. The zero-order valence-corrected chi connectivity index (χ0v) is 29.5. The Bertz CT molecular complexity index is 2210. The molecule has 1 aliphatic carbocycles. The number of ether oxygens (including phenoxy) is 1. The molecule has 0 radical (unpaired) electrons. The molecule has 52 heavy (non-hydrogen) atoms. The van der Waals surface area contributed by atoms with Crippen molar-refractivity contribution in [3.05, 3.63) is 76.9 Å². The van der Waals surface area contributed by atoms with Gasteiger partial charge in [0.05, 0.1) is 35.4 Å². The Morgan fingerprint density at radius 1 is 1.02 bits per heavy atom. The summed E-state index contributed by atoms with van der Waals surface area (Å²) in [7, 11) is 3.36. The smallest absolute Gasteiger partial charge is 0.329 e. The summed E-state index contributed by atoms with van der Waals surface area (Å²) >= 11 is 0. The van der Waals surface area contributed by atoms with Crippen LogP contribution in [0.3, 0.4) is 0 Å². The molecule has 0 bridgehead atoms. The predicted octanol–water partition coefficient (Wildman–Crippen LogP) is 4.33. The highest BCUT2D eigenvalue weighted by molar-refractivity contribution is 6.05. The maximum absolute atomic E-state index is 13.4. The van der Waals surface area contributed by atoms with Gasteiger partial charge < -0.3 is 15.0 Å². The van der Waals surface area contributed by atoms with E-state index >= 15 is 0 Å². The lowest BCUT2D eigenvalue weighted by Crippen LogP contribution is -2.44. The molecular weight excluding hydrogens is 662 g/mol. The fourth-order valence-electron chi connectivity index (χ4n) is 8.55. The summed E-state index contributed by atoms with van der Waals surface area (Å²) in [5.41, 5.74) is 4.26. The van der Waals surface area contributed by atoms with E-state index in [1.54, 1.807) is 29.4 Å². The van der Waals surface area contributed by atoms with Gasteiger partial charge in [-0.2, -0.15) is 5.10 Å². The van der Waals surface area contributed by atoms with Gasteiger partial charge in [-0.05, 0) is 93.6 Å². The van der Waals surface area contributed by atoms with Crippen molar-refractivity contribution in [1.82, 2.24) is 39.1 Å². The molecule has 2 saturated heterocycles. The van der Waals surface area contributed by atoms with E-state index in [2.05, 4.69) is 42.4 Å². The molecule has 3 fully saturated rings. The second-order valence-corrected chi connectivity index (χ2v) is 14.4. The van der Waals surface area contributed by atoms with Crippen LogP contribution in [0.1, 0.15) is 85.4 Å². The van der Waals surface area contributed by atoms with Crippen molar-refractivity contribution in [3.8, 4) is 5.75 Å². The first-order valence-electron chi connectivity index (χ1n) is 18.2. The molecule has 14 nitrogen and oxygen atoms in total. The highest BCUT2D eigenvalue weighted by Gasteiger charge is 2.33. The van der Waals surface area contributed by atoms with E-state index in [-0.39, 0.29) is 29.6 Å². The number of fused-ring (bicyclic) bond motifs is 2. The topological polar surface area (TPSA) is 158 Å². The molecule has 8 rings (SSSR count). The molecule has 5 heterocycles. The summed E-state index contributed by atoms with van der Waals surface area (Å²) in [6, 6.07) is 11.0. The minimum Gasteiger partial charge on any atom is -0.494 e. The van der Waals surface area contributed by atoms with Crippen LogP contribution in [-0.2, 0) is 16.6 Å². The Morgan fingerprint density at radius 3 is 2.56 bits per heavy atom. The van der Waals surface area contributed by atoms with Crippen LogP contribution in [0.2, 0.25) is 0 Å². The Hall–Kier alpha value is -5.37. The molecule has 5 aromatic rings. The first-order chi connectivity index (χ1) is 25.3. The van der Waals surface area contributed by atoms with Crippen LogP contribution < -0.4 is 21.1 Å². The molecule has 3 aliphatic rings. The van der Waals surface area contributed by atoms with Gasteiger partial charge in [-0.1, -0.05) is 12.1 Å². The molecule has 1 atom stereocenters. The summed E-state index contributed by atoms with van der Waals surface area (Å²) in [6.07, 6.45) is 11.9. The second kappa shape index (κ2) is 14.0. The monoisotopic (exact) mass is 705 g/mol. The van der Waals surface area contributed by atoms with Crippen LogP contribution in [-0.4, -0.2) is 78.2 Å². The van der Waals surface area contributed by atoms with Gasteiger partial charge in [0.1, 0.15) is 23.8 Å². The van der Waals surface area contributed by atoms with Crippen molar-refractivity contribution in [2.45, 2.75) is 69.4 Å². The number of aromatic nitrogens is 6. The normalized spacial score (nSPS) is 21.8. The number of likely N-dealkylation sites (tertiary alicyclic amines) is 1. The number of carbonyl (C=O) groups is 3. The van der Waals surface area contributed by atoms with Crippen LogP contribution >= 0.6 is 0 Å². The van der Waals surface area contributed by atoms with Gasteiger partial charge in [0.25, 0.3) is 5.91 Å². The van der Waals surface area contributed by atoms with E-state index < -0.39 is 11.9 Å². The van der Waals surface area contributed by atoms with Crippen molar-refractivity contribution < 1.29 is 19.1 Å². The van der Waals surface area contributed by atoms with Crippen LogP contribution in [0.5, 0.6) is 5.75 Å². The summed E-state index contributed by atoms with van der Waals surface area (Å²) in [5, 5.41) is 11.2. The van der Waals surface area contributed by atoms with Crippen LogP contribution in [0.15, 0.2) is 59.9 Å². The third-order valence-corrected chi connectivity index (χ3v) is 11.3. The summed E-state index contributed by atoms with van der Waals surface area (Å²) in [6.45, 7) is 3.10. The highest BCUT2D eigenvalue weighted by Crippen LogP contribution is 2.38. The quantitative estimate of drug-likeness (QED) is 0.224. The third-order valence-electron chi connectivity index (χ3n) is 11.3. The zero-order chi connectivity index (χ0) is 35.9. The number of nitrogens with one attached hydrogen (secondary N) is 2. The van der Waals surface area contributed by atoms with Gasteiger partial charge >= 0.3 is 5.69 Å². The predicted molar refractivity (Wildman–Crippen MR) is 194 cm³/mol. The molecule has 1 unspecified atom stereocenters. The molecule has 0 spiro atoms. The molecule has 14 heteroatoms. The van der Waals surface area contributed by atoms with Crippen molar-refractivity contribution in [1.29, 1.82) is 0 Å². The number of amides is 3. The average Bonchev–Trinajstić information content (AvgIpc) is 3.69. The summed E-state index contributed by atoms with van der Waals surface area (Å²) in [5.74, 6) is 0.470. The molecular formula is C38H43N9O5. The maximum Gasteiger partial charge on any atom is 0.329 e. The fourth-order valence-corrected chi connectivity index (χ4v) is 8.55. The Morgan fingerprint density at radius 2 is 1.83 bits per heavy atom. The van der Waals surface area contributed by atoms with E-state index in [1.165, 1.54) is 12.5 Å². The SMILES string of the molecule is COc1cc2nn([C@H]3CC[C@H](CN4CCC(c5cccc6c5n(C)c(=O)n6C5CCC(=O)NC5=O)CC4)CC3)cc2cc1NC(=O)c1ccncn1. The van der Waals surface area contributed by atoms with Crippen molar-refractivity contribution in [3.63, 3.8) is 0 Å². The number of nitrogens with zero attached hydrogens (tertiary/aromatic N) is 7. The zero-order valence-electron chi connectivity index (χ0n) is 29.5.